The minimum atomic E-state index is -4.57. The number of halogens is 4. The summed E-state index contributed by atoms with van der Waals surface area (Å²) in [6.45, 7) is 4.91. The maximum Gasteiger partial charge on any atom is 0.416 e. The molecule has 2 rings (SSSR count). The Balaban J connectivity index is 2.10. The number of carbonyl (C=O) groups is 2. The van der Waals surface area contributed by atoms with E-state index < -0.39 is 29.7 Å². The van der Waals surface area contributed by atoms with Gasteiger partial charge in [-0.25, -0.2) is 4.79 Å². The van der Waals surface area contributed by atoms with Crippen molar-refractivity contribution in [2.45, 2.75) is 33.1 Å². The first-order chi connectivity index (χ1) is 12.0. The Morgan fingerprint density at radius 2 is 1.88 bits per heavy atom. The lowest BCUT2D eigenvalue weighted by molar-refractivity contribution is -0.137. The van der Waals surface area contributed by atoms with Crippen molar-refractivity contribution in [3.63, 3.8) is 0 Å². The molecule has 0 fully saturated rings. The number of carbonyl (C=O) groups excluding carboxylic acids is 2. The Kier molecular flexibility index (Phi) is 5.98. The zero-order valence-electron chi connectivity index (χ0n) is 14.0. The molecule has 0 unspecified atom stereocenters. The molecular weight excluding hydrogens is 391 g/mol. The lowest BCUT2D eigenvalue weighted by atomic mass is 10.2. The van der Waals surface area contributed by atoms with Crippen molar-refractivity contribution in [1.29, 1.82) is 0 Å². The Morgan fingerprint density at radius 3 is 2.42 bits per heavy atom. The van der Waals surface area contributed by atoms with E-state index in [-0.39, 0.29) is 10.7 Å². The number of esters is 1. The van der Waals surface area contributed by atoms with Crippen molar-refractivity contribution >= 4 is 40.5 Å². The minimum absolute atomic E-state index is 0.0609. The molecule has 0 aliphatic carbocycles. The summed E-state index contributed by atoms with van der Waals surface area (Å²) in [6, 6.07) is 4.22. The van der Waals surface area contributed by atoms with Gasteiger partial charge in [0.2, 0.25) is 0 Å². The molecule has 0 spiro atoms. The highest BCUT2D eigenvalue weighted by Gasteiger charge is 2.31. The third-order valence-corrected chi connectivity index (χ3v) is 4.76. The van der Waals surface area contributed by atoms with Crippen LogP contribution in [0.5, 0.6) is 0 Å². The van der Waals surface area contributed by atoms with Crippen molar-refractivity contribution in [1.82, 2.24) is 0 Å². The summed E-state index contributed by atoms with van der Waals surface area (Å²) in [4.78, 5) is 26.0. The van der Waals surface area contributed by atoms with E-state index in [4.69, 9.17) is 16.3 Å². The van der Waals surface area contributed by atoms with Gasteiger partial charge in [0.1, 0.15) is 0 Å². The van der Waals surface area contributed by atoms with Crippen LogP contribution in [0.4, 0.5) is 18.9 Å². The topological polar surface area (TPSA) is 55.4 Å². The lowest BCUT2D eigenvalue weighted by Gasteiger charge is -2.15. The number of ether oxygens (including phenoxy) is 1. The second-order valence-electron chi connectivity index (χ2n) is 5.56. The molecule has 0 saturated carbocycles. The zero-order chi connectivity index (χ0) is 19.6. The fraction of sp³-hybridized carbons (Fsp3) is 0.294. The van der Waals surface area contributed by atoms with Gasteiger partial charge in [0.05, 0.1) is 21.8 Å². The molecule has 26 heavy (non-hydrogen) atoms. The van der Waals surface area contributed by atoms with Crippen LogP contribution < -0.4 is 5.32 Å². The fourth-order valence-electron chi connectivity index (χ4n) is 2.14. The molecule has 9 heteroatoms. The van der Waals surface area contributed by atoms with Crippen LogP contribution in [0.3, 0.4) is 0 Å². The number of anilines is 1. The smallest absolute Gasteiger partial charge is 0.416 e. The number of rotatable bonds is 4. The van der Waals surface area contributed by atoms with E-state index in [1.807, 2.05) is 6.92 Å². The minimum Gasteiger partial charge on any atom is -0.449 e. The summed E-state index contributed by atoms with van der Waals surface area (Å²) < 4.78 is 43.4. The monoisotopic (exact) mass is 405 g/mol. The van der Waals surface area contributed by atoms with Crippen LogP contribution in [-0.4, -0.2) is 18.0 Å². The Labute approximate surface area is 156 Å². The van der Waals surface area contributed by atoms with Gasteiger partial charge in [-0.3, -0.25) is 4.79 Å². The van der Waals surface area contributed by atoms with Crippen molar-refractivity contribution in [2.75, 3.05) is 5.32 Å². The summed E-state index contributed by atoms with van der Waals surface area (Å²) in [5.41, 5.74) is -0.813. The molecular formula is C17H15ClF3NO3S. The Hall–Kier alpha value is -2.06. The first-order valence-electron chi connectivity index (χ1n) is 7.44. The number of aryl methyl sites for hydroxylation is 2. The van der Waals surface area contributed by atoms with Gasteiger partial charge in [-0.05, 0) is 45.0 Å². The van der Waals surface area contributed by atoms with Gasteiger partial charge in [-0.1, -0.05) is 11.6 Å². The van der Waals surface area contributed by atoms with Gasteiger partial charge < -0.3 is 10.1 Å². The number of hydrogen-bond acceptors (Lipinski definition) is 4. The van der Waals surface area contributed by atoms with Gasteiger partial charge in [-0.15, -0.1) is 11.3 Å². The molecule has 0 aliphatic heterocycles. The molecule has 0 bridgehead atoms. The van der Waals surface area contributed by atoms with Crippen LogP contribution in [0, 0.1) is 13.8 Å². The fourth-order valence-corrected chi connectivity index (χ4v) is 3.22. The first kappa shape index (κ1) is 20.3. The lowest BCUT2D eigenvalue weighted by Crippen LogP contribution is -2.30. The number of hydrogen-bond donors (Lipinski definition) is 1. The number of benzene rings is 1. The quantitative estimate of drug-likeness (QED) is 0.709. The molecule has 1 N–H and O–H groups in total. The Bertz CT molecular complexity index is 848. The molecule has 1 atom stereocenters. The number of thiophene rings is 1. The average molecular weight is 406 g/mol. The highest BCUT2D eigenvalue weighted by atomic mass is 35.5. The van der Waals surface area contributed by atoms with E-state index in [2.05, 4.69) is 5.32 Å². The molecule has 2 aromatic rings. The molecule has 4 nitrogen and oxygen atoms in total. The van der Waals surface area contributed by atoms with E-state index >= 15 is 0 Å². The summed E-state index contributed by atoms with van der Waals surface area (Å²) in [7, 11) is 0. The van der Waals surface area contributed by atoms with Gasteiger partial charge in [0.25, 0.3) is 5.91 Å². The van der Waals surface area contributed by atoms with Crippen molar-refractivity contribution in [3.05, 3.63) is 50.2 Å². The molecule has 1 heterocycles. The molecule has 1 aromatic carbocycles. The molecule has 0 radical (unpaired) electrons. The first-order valence-corrected chi connectivity index (χ1v) is 8.64. The average Bonchev–Trinajstić information content (AvgIpc) is 2.86. The molecule has 1 amide bonds. The summed E-state index contributed by atoms with van der Waals surface area (Å²) in [5.74, 6) is -1.46. The van der Waals surface area contributed by atoms with E-state index in [1.165, 1.54) is 18.3 Å². The maximum atomic E-state index is 12.8. The molecule has 140 valence electrons. The highest BCUT2D eigenvalue weighted by Crippen LogP contribution is 2.34. The number of amides is 1. The molecule has 0 saturated heterocycles. The standard InChI is InChI=1S/C17H15ClF3NO3S/c1-8-6-12(10(3)26-8)16(24)25-9(2)15(23)22-14-7-11(17(19,20)21)4-5-13(14)18/h4-7,9H,1-3H3,(H,22,23)/t9-/m1/s1. The van der Waals surface area contributed by atoms with Crippen LogP contribution in [0.15, 0.2) is 24.3 Å². The summed E-state index contributed by atoms with van der Waals surface area (Å²) in [5, 5.41) is 2.19. The van der Waals surface area contributed by atoms with Gasteiger partial charge in [0, 0.05) is 9.75 Å². The summed E-state index contributed by atoms with van der Waals surface area (Å²) in [6.07, 6.45) is -5.79. The SMILES string of the molecule is Cc1cc(C(=O)O[C@H](C)C(=O)Nc2cc(C(F)(F)F)ccc2Cl)c(C)s1. The second-order valence-corrected chi connectivity index (χ2v) is 7.42. The number of alkyl halides is 3. The maximum absolute atomic E-state index is 12.8. The predicted octanol–water partition coefficient (Wildman–Crippen LogP) is 5.22. The van der Waals surface area contributed by atoms with Crippen LogP contribution in [0.25, 0.3) is 0 Å². The van der Waals surface area contributed by atoms with E-state index in [1.54, 1.807) is 13.0 Å². The third kappa shape index (κ3) is 4.76. The number of nitrogens with one attached hydrogen (secondary N) is 1. The van der Waals surface area contributed by atoms with Crippen LogP contribution in [-0.2, 0) is 15.7 Å². The van der Waals surface area contributed by atoms with Crippen molar-refractivity contribution in [3.8, 4) is 0 Å². The Morgan fingerprint density at radius 1 is 1.23 bits per heavy atom. The largest absolute Gasteiger partial charge is 0.449 e. The van der Waals surface area contributed by atoms with Crippen LogP contribution in [0.2, 0.25) is 5.02 Å². The van der Waals surface area contributed by atoms with Crippen LogP contribution in [0.1, 0.15) is 32.6 Å². The molecule has 1 aromatic heterocycles. The second kappa shape index (κ2) is 7.67. The van der Waals surface area contributed by atoms with Crippen LogP contribution >= 0.6 is 22.9 Å². The normalized spacial score (nSPS) is 12.6. The van der Waals surface area contributed by atoms with Gasteiger partial charge >= 0.3 is 12.1 Å². The van der Waals surface area contributed by atoms with Gasteiger partial charge in [-0.2, -0.15) is 13.2 Å². The third-order valence-electron chi connectivity index (χ3n) is 3.47. The van der Waals surface area contributed by atoms with E-state index in [9.17, 15) is 22.8 Å². The van der Waals surface area contributed by atoms with E-state index in [0.717, 1.165) is 28.0 Å². The van der Waals surface area contributed by atoms with Crippen molar-refractivity contribution in [2.24, 2.45) is 0 Å². The predicted molar refractivity (Wildman–Crippen MR) is 93.8 cm³/mol. The zero-order valence-corrected chi connectivity index (χ0v) is 15.6. The van der Waals surface area contributed by atoms with E-state index in [0.29, 0.717) is 5.56 Å². The summed E-state index contributed by atoms with van der Waals surface area (Å²) >= 11 is 7.25. The van der Waals surface area contributed by atoms with Crippen molar-refractivity contribution < 1.29 is 27.5 Å². The van der Waals surface area contributed by atoms with Gasteiger partial charge in [0.15, 0.2) is 6.10 Å². The molecule has 0 aliphatic rings. The highest BCUT2D eigenvalue weighted by molar-refractivity contribution is 7.12.